The fraction of sp³-hybridized carbons (Fsp3) is 0.900. The molecule has 1 amide bonds. The summed E-state index contributed by atoms with van der Waals surface area (Å²) in [6.45, 7) is 7.43. The zero-order valence-electron chi connectivity index (χ0n) is 9.78. The lowest BCUT2D eigenvalue weighted by Gasteiger charge is -2.33. The Bertz CT molecular complexity index is 227. The average Bonchev–Trinajstić information content (AvgIpc) is 2.15. The standard InChI is InChI=1S/C10H19NO3S/c1-10(2,3)14-9(12)11-5-6-13-8(7-11)15-4/h8H,5-7H2,1-4H3. The van der Waals surface area contributed by atoms with Gasteiger partial charge >= 0.3 is 6.09 Å². The molecule has 0 radical (unpaired) electrons. The molecule has 0 N–H and O–H groups in total. The molecule has 15 heavy (non-hydrogen) atoms. The summed E-state index contributed by atoms with van der Waals surface area (Å²) in [4.78, 5) is 13.4. The van der Waals surface area contributed by atoms with E-state index in [0.717, 1.165) is 0 Å². The highest BCUT2D eigenvalue weighted by molar-refractivity contribution is 7.99. The van der Waals surface area contributed by atoms with Crippen LogP contribution in [0.15, 0.2) is 0 Å². The fourth-order valence-electron chi connectivity index (χ4n) is 1.25. The second-order valence-corrected chi connectivity index (χ2v) is 5.46. The van der Waals surface area contributed by atoms with Crippen LogP contribution in [0.2, 0.25) is 0 Å². The molecule has 1 saturated heterocycles. The average molecular weight is 233 g/mol. The van der Waals surface area contributed by atoms with E-state index in [4.69, 9.17) is 9.47 Å². The molecule has 0 bridgehead atoms. The van der Waals surface area contributed by atoms with E-state index in [1.54, 1.807) is 16.7 Å². The monoisotopic (exact) mass is 233 g/mol. The van der Waals surface area contributed by atoms with Gasteiger partial charge in [0.25, 0.3) is 0 Å². The van der Waals surface area contributed by atoms with Crippen molar-refractivity contribution >= 4 is 17.9 Å². The molecule has 1 fully saturated rings. The van der Waals surface area contributed by atoms with Crippen LogP contribution in [0.25, 0.3) is 0 Å². The number of morpholine rings is 1. The zero-order valence-corrected chi connectivity index (χ0v) is 10.6. The van der Waals surface area contributed by atoms with Gasteiger partial charge in [-0.2, -0.15) is 0 Å². The molecule has 5 heteroatoms. The highest BCUT2D eigenvalue weighted by Gasteiger charge is 2.27. The van der Waals surface area contributed by atoms with Gasteiger partial charge in [0.1, 0.15) is 11.0 Å². The maximum absolute atomic E-state index is 11.7. The van der Waals surface area contributed by atoms with Gasteiger partial charge in [-0.05, 0) is 27.0 Å². The summed E-state index contributed by atoms with van der Waals surface area (Å²) in [5, 5.41) is 0. The quantitative estimate of drug-likeness (QED) is 0.694. The number of carbonyl (C=O) groups excluding carboxylic acids is 1. The van der Waals surface area contributed by atoms with E-state index in [0.29, 0.717) is 19.7 Å². The minimum absolute atomic E-state index is 0.0752. The normalized spacial score (nSPS) is 22.7. The van der Waals surface area contributed by atoms with Crippen LogP contribution in [-0.2, 0) is 9.47 Å². The summed E-state index contributed by atoms with van der Waals surface area (Å²) in [6, 6.07) is 0. The van der Waals surface area contributed by atoms with Crippen molar-refractivity contribution in [3.05, 3.63) is 0 Å². The maximum atomic E-state index is 11.7. The predicted molar refractivity (Wildman–Crippen MR) is 61.1 cm³/mol. The first-order valence-corrected chi connectivity index (χ1v) is 6.33. The molecule has 1 rings (SSSR count). The lowest BCUT2D eigenvalue weighted by Crippen LogP contribution is -2.46. The molecule has 0 aromatic heterocycles. The summed E-state index contributed by atoms with van der Waals surface area (Å²) >= 11 is 1.61. The van der Waals surface area contributed by atoms with Gasteiger partial charge in [0.15, 0.2) is 0 Å². The number of nitrogens with zero attached hydrogens (tertiary/aromatic N) is 1. The van der Waals surface area contributed by atoms with Crippen molar-refractivity contribution in [1.29, 1.82) is 0 Å². The molecule has 0 aromatic rings. The smallest absolute Gasteiger partial charge is 0.410 e. The van der Waals surface area contributed by atoms with Crippen LogP contribution in [0, 0.1) is 0 Å². The molecule has 0 aromatic carbocycles. The van der Waals surface area contributed by atoms with Crippen LogP contribution in [0.5, 0.6) is 0 Å². The van der Waals surface area contributed by atoms with Crippen molar-refractivity contribution in [2.45, 2.75) is 31.8 Å². The first-order valence-electron chi connectivity index (χ1n) is 5.05. The molecule has 0 aliphatic carbocycles. The lowest BCUT2D eigenvalue weighted by molar-refractivity contribution is -0.0151. The molecule has 0 saturated carbocycles. The van der Waals surface area contributed by atoms with E-state index in [-0.39, 0.29) is 11.5 Å². The first kappa shape index (κ1) is 12.6. The zero-order chi connectivity index (χ0) is 11.5. The first-order chi connectivity index (χ1) is 6.92. The Morgan fingerprint density at radius 2 is 2.20 bits per heavy atom. The van der Waals surface area contributed by atoms with Crippen LogP contribution in [0.3, 0.4) is 0 Å². The van der Waals surface area contributed by atoms with Crippen molar-refractivity contribution < 1.29 is 14.3 Å². The third kappa shape index (κ3) is 4.30. The van der Waals surface area contributed by atoms with Crippen LogP contribution in [0.1, 0.15) is 20.8 Å². The highest BCUT2D eigenvalue weighted by atomic mass is 32.2. The van der Waals surface area contributed by atoms with E-state index in [1.165, 1.54) is 0 Å². The largest absolute Gasteiger partial charge is 0.444 e. The lowest BCUT2D eigenvalue weighted by atomic mass is 10.2. The van der Waals surface area contributed by atoms with E-state index >= 15 is 0 Å². The van der Waals surface area contributed by atoms with E-state index < -0.39 is 5.60 Å². The van der Waals surface area contributed by atoms with Crippen molar-refractivity contribution in [2.75, 3.05) is 26.0 Å². The molecule has 1 atom stereocenters. The van der Waals surface area contributed by atoms with Gasteiger partial charge in [0.05, 0.1) is 13.2 Å². The predicted octanol–water partition coefficient (Wildman–Crippen LogP) is 1.94. The van der Waals surface area contributed by atoms with Crippen LogP contribution < -0.4 is 0 Å². The number of thioether (sulfide) groups is 1. The maximum Gasteiger partial charge on any atom is 0.410 e. The van der Waals surface area contributed by atoms with Gasteiger partial charge in [-0.25, -0.2) is 4.79 Å². The third-order valence-electron chi connectivity index (χ3n) is 1.95. The molecule has 4 nitrogen and oxygen atoms in total. The van der Waals surface area contributed by atoms with Crippen LogP contribution in [-0.4, -0.2) is 48.0 Å². The van der Waals surface area contributed by atoms with Gasteiger partial charge in [-0.1, -0.05) is 0 Å². The Kier molecular flexibility index (Phi) is 4.28. The van der Waals surface area contributed by atoms with Crippen molar-refractivity contribution in [1.82, 2.24) is 4.90 Å². The van der Waals surface area contributed by atoms with E-state index in [1.807, 2.05) is 27.0 Å². The van der Waals surface area contributed by atoms with Gasteiger partial charge in [0, 0.05) is 6.54 Å². The number of hydrogen-bond acceptors (Lipinski definition) is 4. The Hall–Kier alpha value is -0.420. The van der Waals surface area contributed by atoms with E-state index in [9.17, 15) is 4.79 Å². The van der Waals surface area contributed by atoms with Gasteiger partial charge in [0.2, 0.25) is 0 Å². The van der Waals surface area contributed by atoms with Crippen LogP contribution >= 0.6 is 11.8 Å². The van der Waals surface area contributed by atoms with Crippen molar-refractivity contribution in [3.8, 4) is 0 Å². The van der Waals surface area contributed by atoms with Crippen molar-refractivity contribution in [2.24, 2.45) is 0 Å². The molecule has 88 valence electrons. The van der Waals surface area contributed by atoms with E-state index in [2.05, 4.69) is 0 Å². The summed E-state index contributed by atoms with van der Waals surface area (Å²) in [7, 11) is 0. The highest BCUT2D eigenvalue weighted by Crippen LogP contribution is 2.17. The third-order valence-corrected chi connectivity index (χ3v) is 2.76. The fourth-order valence-corrected chi connectivity index (χ4v) is 1.81. The number of carbonyl (C=O) groups is 1. The van der Waals surface area contributed by atoms with Gasteiger partial charge in [-0.15, -0.1) is 11.8 Å². The molecule has 0 spiro atoms. The minimum Gasteiger partial charge on any atom is -0.444 e. The molecular formula is C10H19NO3S. The summed E-state index contributed by atoms with van der Waals surface area (Å²) in [5.74, 6) is 0. The number of amides is 1. The van der Waals surface area contributed by atoms with Gasteiger partial charge < -0.3 is 14.4 Å². The summed E-state index contributed by atoms with van der Waals surface area (Å²) in [5.41, 5.74) is -0.351. The van der Waals surface area contributed by atoms with Crippen LogP contribution in [0.4, 0.5) is 4.79 Å². The summed E-state index contributed by atoms with van der Waals surface area (Å²) < 4.78 is 10.7. The molecular weight excluding hydrogens is 214 g/mol. The molecule has 1 unspecified atom stereocenters. The number of hydrogen-bond donors (Lipinski definition) is 0. The van der Waals surface area contributed by atoms with Gasteiger partial charge in [-0.3, -0.25) is 0 Å². The Morgan fingerprint density at radius 3 is 2.73 bits per heavy atom. The Labute approximate surface area is 95.3 Å². The molecule has 1 heterocycles. The number of rotatable bonds is 1. The second kappa shape index (κ2) is 5.07. The minimum atomic E-state index is -0.426. The molecule has 1 aliphatic heterocycles. The summed E-state index contributed by atoms with van der Waals surface area (Å²) in [6.07, 6.45) is 1.73. The molecule has 1 aliphatic rings. The Balaban J connectivity index is 2.45. The second-order valence-electron chi connectivity index (χ2n) is 4.46. The number of ether oxygens (including phenoxy) is 2. The SMILES string of the molecule is CSC1CN(C(=O)OC(C)(C)C)CCO1. The van der Waals surface area contributed by atoms with Crippen molar-refractivity contribution in [3.63, 3.8) is 0 Å². The Morgan fingerprint density at radius 1 is 1.53 bits per heavy atom. The topological polar surface area (TPSA) is 38.8 Å².